The summed E-state index contributed by atoms with van der Waals surface area (Å²) in [4.78, 5) is 23.4. The Kier molecular flexibility index (Phi) is 5.41. The van der Waals surface area contributed by atoms with E-state index in [-0.39, 0.29) is 12.0 Å². The lowest BCUT2D eigenvalue weighted by molar-refractivity contribution is -0.158. The minimum absolute atomic E-state index is 0.0605. The van der Waals surface area contributed by atoms with Crippen molar-refractivity contribution < 1.29 is 23.1 Å². The lowest BCUT2D eigenvalue weighted by Crippen LogP contribution is -2.42. The van der Waals surface area contributed by atoms with Crippen LogP contribution in [0.2, 0.25) is 0 Å². The smallest absolute Gasteiger partial charge is 0.328 e. The summed E-state index contributed by atoms with van der Waals surface area (Å²) in [5.74, 6) is -2.62. The van der Waals surface area contributed by atoms with Crippen LogP contribution >= 0.6 is 0 Å². The van der Waals surface area contributed by atoms with Gasteiger partial charge in [0.2, 0.25) is 5.91 Å². The predicted octanol–water partition coefficient (Wildman–Crippen LogP) is 2.35. The molecule has 0 fully saturated rings. The summed E-state index contributed by atoms with van der Waals surface area (Å²) in [6, 6.07) is 2.13. The summed E-state index contributed by atoms with van der Waals surface area (Å²) >= 11 is 0. The van der Waals surface area contributed by atoms with Crippen molar-refractivity contribution in [2.24, 2.45) is 0 Å². The number of benzene rings is 1. The Morgan fingerprint density at radius 2 is 1.90 bits per heavy atom. The van der Waals surface area contributed by atoms with Gasteiger partial charge in [0.25, 0.3) is 0 Å². The van der Waals surface area contributed by atoms with Gasteiger partial charge in [-0.25, -0.2) is 13.6 Å². The van der Waals surface area contributed by atoms with Crippen LogP contribution in [0.1, 0.15) is 33.3 Å². The molecular weight excluding hydrogens is 280 g/mol. The van der Waals surface area contributed by atoms with Crippen LogP contribution in [0.5, 0.6) is 0 Å². The van der Waals surface area contributed by atoms with E-state index < -0.39 is 35.2 Å². The van der Waals surface area contributed by atoms with E-state index >= 15 is 0 Å². The first-order valence-corrected chi connectivity index (χ1v) is 6.54. The molecule has 0 aromatic heterocycles. The average molecular weight is 299 g/mol. The van der Waals surface area contributed by atoms with E-state index in [2.05, 4.69) is 5.32 Å². The van der Waals surface area contributed by atoms with Gasteiger partial charge in [-0.05, 0) is 39.3 Å². The molecule has 0 saturated heterocycles. The van der Waals surface area contributed by atoms with Crippen LogP contribution in [0, 0.1) is 11.6 Å². The molecule has 0 spiro atoms. The van der Waals surface area contributed by atoms with Gasteiger partial charge in [-0.15, -0.1) is 0 Å². The molecule has 0 saturated carbocycles. The summed E-state index contributed by atoms with van der Waals surface area (Å²) in [6.07, 6.45) is -0.279. The zero-order chi connectivity index (χ0) is 16.2. The Labute approximate surface area is 122 Å². The molecule has 0 heterocycles. The Balaban J connectivity index is 2.59. The summed E-state index contributed by atoms with van der Waals surface area (Å²) in [6.45, 7) is 6.63. The van der Waals surface area contributed by atoms with Crippen molar-refractivity contribution in [2.45, 2.75) is 45.8 Å². The van der Waals surface area contributed by atoms with Gasteiger partial charge in [0.1, 0.15) is 23.3 Å². The molecule has 6 heteroatoms. The molecule has 0 aliphatic carbocycles. The quantitative estimate of drug-likeness (QED) is 0.868. The van der Waals surface area contributed by atoms with Gasteiger partial charge < -0.3 is 10.1 Å². The van der Waals surface area contributed by atoms with E-state index in [4.69, 9.17) is 4.74 Å². The Morgan fingerprint density at radius 3 is 2.43 bits per heavy atom. The van der Waals surface area contributed by atoms with Crippen LogP contribution in [0.3, 0.4) is 0 Å². The number of carbonyl (C=O) groups excluding carboxylic acids is 2. The van der Waals surface area contributed by atoms with Crippen molar-refractivity contribution in [2.75, 3.05) is 0 Å². The summed E-state index contributed by atoms with van der Waals surface area (Å²) < 4.78 is 31.3. The second kappa shape index (κ2) is 6.65. The van der Waals surface area contributed by atoms with E-state index in [1.165, 1.54) is 13.0 Å². The number of hydrogen-bond donors (Lipinski definition) is 1. The first-order chi connectivity index (χ1) is 9.58. The third-order valence-electron chi connectivity index (χ3n) is 2.50. The molecule has 1 aromatic rings. The third-order valence-corrected chi connectivity index (χ3v) is 2.50. The lowest BCUT2D eigenvalue weighted by Gasteiger charge is -2.22. The molecule has 1 aromatic carbocycles. The highest BCUT2D eigenvalue weighted by Crippen LogP contribution is 2.11. The number of rotatable bonds is 4. The van der Waals surface area contributed by atoms with Crippen molar-refractivity contribution >= 4 is 11.9 Å². The molecule has 1 atom stereocenters. The van der Waals surface area contributed by atoms with Crippen LogP contribution in [-0.2, 0) is 20.7 Å². The minimum atomic E-state index is -0.847. The maximum atomic E-state index is 13.4. The molecule has 116 valence electrons. The zero-order valence-corrected chi connectivity index (χ0v) is 12.5. The van der Waals surface area contributed by atoms with Crippen LogP contribution in [0.25, 0.3) is 0 Å². The molecule has 0 radical (unpaired) electrons. The first kappa shape index (κ1) is 17.1. The number of amides is 1. The standard InChI is InChI=1S/C15H19F2NO3/c1-9(14(20)21-15(2,3)4)18-13(19)7-10-5-6-11(16)8-12(10)17/h5-6,8-9H,7H2,1-4H3,(H,18,19)/t9-/m0/s1. The SMILES string of the molecule is C[C@H](NC(=O)Cc1ccc(F)cc1F)C(=O)OC(C)(C)C. The van der Waals surface area contributed by atoms with Gasteiger partial charge in [0, 0.05) is 6.07 Å². The van der Waals surface area contributed by atoms with Crippen molar-refractivity contribution in [3.05, 3.63) is 35.4 Å². The summed E-state index contributed by atoms with van der Waals surface area (Å²) in [7, 11) is 0. The maximum Gasteiger partial charge on any atom is 0.328 e. The monoisotopic (exact) mass is 299 g/mol. The number of ether oxygens (including phenoxy) is 1. The van der Waals surface area contributed by atoms with Crippen molar-refractivity contribution in [1.29, 1.82) is 0 Å². The third kappa shape index (κ3) is 5.89. The Hall–Kier alpha value is -1.98. The predicted molar refractivity (Wildman–Crippen MR) is 73.5 cm³/mol. The number of esters is 1. The highest BCUT2D eigenvalue weighted by molar-refractivity contribution is 5.85. The summed E-state index contributed by atoms with van der Waals surface area (Å²) in [5.41, 5.74) is -0.593. The largest absolute Gasteiger partial charge is 0.458 e. The van der Waals surface area contributed by atoms with Gasteiger partial charge in [0.05, 0.1) is 6.42 Å². The fourth-order valence-electron chi connectivity index (χ4n) is 1.58. The second-order valence-corrected chi connectivity index (χ2v) is 5.74. The summed E-state index contributed by atoms with van der Waals surface area (Å²) in [5, 5.41) is 2.42. The molecule has 1 amide bonds. The molecule has 0 aliphatic rings. The van der Waals surface area contributed by atoms with E-state index in [0.717, 1.165) is 6.07 Å². The van der Waals surface area contributed by atoms with Gasteiger partial charge in [-0.1, -0.05) is 6.07 Å². The van der Waals surface area contributed by atoms with Gasteiger partial charge in [-0.2, -0.15) is 0 Å². The lowest BCUT2D eigenvalue weighted by atomic mass is 10.1. The van der Waals surface area contributed by atoms with Crippen LogP contribution in [-0.4, -0.2) is 23.5 Å². The molecule has 0 unspecified atom stereocenters. The molecular formula is C15H19F2NO3. The number of carbonyl (C=O) groups is 2. The molecule has 1 rings (SSSR count). The second-order valence-electron chi connectivity index (χ2n) is 5.74. The van der Waals surface area contributed by atoms with Gasteiger partial charge >= 0.3 is 5.97 Å². The van der Waals surface area contributed by atoms with Gasteiger partial charge in [0.15, 0.2) is 0 Å². The van der Waals surface area contributed by atoms with Gasteiger partial charge in [-0.3, -0.25) is 4.79 Å². The van der Waals surface area contributed by atoms with Crippen LogP contribution in [0.4, 0.5) is 8.78 Å². The number of nitrogens with one attached hydrogen (secondary N) is 1. The maximum absolute atomic E-state index is 13.4. The molecule has 1 N–H and O–H groups in total. The fourth-order valence-corrected chi connectivity index (χ4v) is 1.58. The molecule has 0 bridgehead atoms. The molecule has 0 aliphatic heterocycles. The number of hydrogen-bond acceptors (Lipinski definition) is 3. The molecule has 21 heavy (non-hydrogen) atoms. The van der Waals surface area contributed by atoms with Crippen molar-refractivity contribution in [3.63, 3.8) is 0 Å². The normalized spacial score (nSPS) is 12.7. The van der Waals surface area contributed by atoms with E-state index in [9.17, 15) is 18.4 Å². The van der Waals surface area contributed by atoms with Crippen molar-refractivity contribution in [1.82, 2.24) is 5.32 Å². The first-order valence-electron chi connectivity index (χ1n) is 6.54. The zero-order valence-electron chi connectivity index (χ0n) is 12.5. The van der Waals surface area contributed by atoms with Crippen molar-refractivity contribution in [3.8, 4) is 0 Å². The van der Waals surface area contributed by atoms with Crippen LogP contribution in [0.15, 0.2) is 18.2 Å². The topological polar surface area (TPSA) is 55.4 Å². The minimum Gasteiger partial charge on any atom is -0.458 e. The Bertz CT molecular complexity index is 538. The highest BCUT2D eigenvalue weighted by Gasteiger charge is 2.23. The van der Waals surface area contributed by atoms with Crippen LogP contribution < -0.4 is 5.32 Å². The fraction of sp³-hybridized carbons (Fsp3) is 0.467. The number of halogens is 2. The molecule has 4 nitrogen and oxygen atoms in total. The van der Waals surface area contributed by atoms with E-state index in [1.807, 2.05) is 0 Å². The highest BCUT2D eigenvalue weighted by atomic mass is 19.1. The Morgan fingerprint density at radius 1 is 1.29 bits per heavy atom. The van der Waals surface area contributed by atoms with E-state index in [0.29, 0.717) is 6.07 Å². The van der Waals surface area contributed by atoms with E-state index in [1.54, 1.807) is 20.8 Å². The average Bonchev–Trinajstić information content (AvgIpc) is 2.30.